The molecule has 0 radical (unpaired) electrons. The van der Waals surface area contributed by atoms with Gasteiger partial charge in [-0.3, -0.25) is 0 Å². The molecule has 3 rings (SSSR count). The molecule has 0 bridgehead atoms. The van der Waals surface area contributed by atoms with Gasteiger partial charge in [0, 0.05) is 10.7 Å². The van der Waals surface area contributed by atoms with Crippen LogP contribution in [0.25, 0.3) is 0 Å². The van der Waals surface area contributed by atoms with Crippen molar-refractivity contribution in [2.24, 2.45) is 0 Å². The first-order valence-electron chi connectivity index (χ1n) is 6.16. The van der Waals surface area contributed by atoms with Crippen molar-refractivity contribution < 1.29 is 0 Å². The molecule has 18 heavy (non-hydrogen) atoms. The molecule has 1 aliphatic carbocycles. The Balaban J connectivity index is 1.90. The van der Waals surface area contributed by atoms with Gasteiger partial charge in [-0.2, -0.15) is 0 Å². The van der Waals surface area contributed by atoms with E-state index in [4.69, 9.17) is 17.3 Å². The second kappa shape index (κ2) is 4.54. The summed E-state index contributed by atoms with van der Waals surface area (Å²) in [5.41, 5.74) is 11.5. The molecule has 92 valence electrons. The number of fused-ring (bicyclic) bond motifs is 1. The smallest absolute Gasteiger partial charge is 0.0632 e. The number of halogens is 1. The lowest BCUT2D eigenvalue weighted by molar-refractivity contribution is 0.912. The largest absolute Gasteiger partial charge is 0.397 e. The highest BCUT2D eigenvalue weighted by atomic mass is 35.5. The van der Waals surface area contributed by atoms with Crippen LogP contribution < -0.4 is 11.1 Å². The van der Waals surface area contributed by atoms with E-state index >= 15 is 0 Å². The number of rotatable bonds is 2. The van der Waals surface area contributed by atoms with Crippen LogP contribution in [0, 0.1) is 0 Å². The summed E-state index contributed by atoms with van der Waals surface area (Å²) in [6, 6.07) is 12.0. The molecule has 3 N–H and O–H groups in total. The van der Waals surface area contributed by atoms with Crippen LogP contribution in [-0.4, -0.2) is 0 Å². The summed E-state index contributed by atoms with van der Waals surface area (Å²) < 4.78 is 0. The molecule has 3 heteroatoms. The first kappa shape index (κ1) is 11.4. The molecule has 0 atom stereocenters. The number of hydrogen-bond acceptors (Lipinski definition) is 2. The fourth-order valence-electron chi connectivity index (χ4n) is 2.44. The number of nitrogens with two attached hydrogens (primary N) is 1. The minimum atomic E-state index is 0.688. The molecule has 0 saturated carbocycles. The van der Waals surface area contributed by atoms with Crippen molar-refractivity contribution in [1.82, 2.24) is 0 Å². The number of nitrogens with one attached hydrogen (secondary N) is 1. The average Bonchev–Trinajstić information content (AvgIpc) is 2.81. The van der Waals surface area contributed by atoms with Crippen LogP contribution in [0.2, 0.25) is 5.02 Å². The fourth-order valence-corrected chi connectivity index (χ4v) is 2.61. The highest BCUT2D eigenvalue weighted by Crippen LogP contribution is 2.29. The molecule has 0 heterocycles. The molecular weight excluding hydrogens is 244 g/mol. The van der Waals surface area contributed by atoms with Gasteiger partial charge in [-0.1, -0.05) is 17.7 Å². The minimum Gasteiger partial charge on any atom is -0.397 e. The minimum absolute atomic E-state index is 0.688. The van der Waals surface area contributed by atoms with E-state index < -0.39 is 0 Å². The summed E-state index contributed by atoms with van der Waals surface area (Å²) in [6.45, 7) is 0. The standard InChI is InChI=1S/C15H15ClN2/c16-12-5-7-14(17)15(9-12)18-13-6-4-10-2-1-3-11(10)8-13/h4-9,18H,1-3,17H2. The van der Waals surface area contributed by atoms with E-state index in [1.807, 2.05) is 12.1 Å². The van der Waals surface area contributed by atoms with Gasteiger partial charge in [-0.05, 0) is 60.7 Å². The maximum Gasteiger partial charge on any atom is 0.0632 e. The Hall–Kier alpha value is -1.67. The Morgan fingerprint density at radius 3 is 2.72 bits per heavy atom. The lowest BCUT2D eigenvalue weighted by Crippen LogP contribution is -1.97. The number of benzene rings is 2. The molecule has 0 unspecified atom stereocenters. The molecule has 2 nitrogen and oxygen atoms in total. The van der Waals surface area contributed by atoms with E-state index in [0.717, 1.165) is 11.4 Å². The topological polar surface area (TPSA) is 38.0 Å². The van der Waals surface area contributed by atoms with Gasteiger partial charge in [0.25, 0.3) is 0 Å². The van der Waals surface area contributed by atoms with Gasteiger partial charge in [0.15, 0.2) is 0 Å². The predicted octanol–water partition coefficient (Wildman–Crippen LogP) is 4.15. The molecule has 0 aromatic heterocycles. The zero-order chi connectivity index (χ0) is 12.5. The van der Waals surface area contributed by atoms with Gasteiger partial charge in [0.05, 0.1) is 11.4 Å². The maximum absolute atomic E-state index is 5.98. The van der Waals surface area contributed by atoms with E-state index in [2.05, 4.69) is 23.5 Å². The van der Waals surface area contributed by atoms with E-state index in [9.17, 15) is 0 Å². The third kappa shape index (κ3) is 2.16. The summed E-state index contributed by atoms with van der Waals surface area (Å²) in [6.07, 6.45) is 3.64. The molecular formula is C15H15ClN2. The van der Waals surface area contributed by atoms with Crippen LogP contribution >= 0.6 is 11.6 Å². The van der Waals surface area contributed by atoms with Crippen molar-refractivity contribution in [2.45, 2.75) is 19.3 Å². The molecule has 0 saturated heterocycles. The monoisotopic (exact) mass is 258 g/mol. The second-order valence-electron chi connectivity index (χ2n) is 4.69. The third-order valence-corrected chi connectivity index (χ3v) is 3.63. The Bertz CT molecular complexity index is 593. The molecule has 0 aliphatic heterocycles. The Kier molecular flexibility index (Phi) is 2.88. The first-order chi connectivity index (χ1) is 8.72. The Labute approximate surface area is 112 Å². The molecule has 1 aliphatic rings. The van der Waals surface area contributed by atoms with Gasteiger partial charge in [0.1, 0.15) is 0 Å². The third-order valence-electron chi connectivity index (χ3n) is 3.39. The van der Waals surface area contributed by atoms with Crippen LogP contribution in [0.4, 0.5) is 17.1 Å². The van der Waals surface area contributed by atoms with Crippen molar-refractivity contribution in [3.63, 3.8) is 0 Å². The van der Waals surface area contributed by atoms with Crippen LogP contribution in [-0.2, 0) is 12.8 Å². The van der Waals surface area contributed by atoms with E-state index in [-0.39, 0.29) is 0 Å². The van der Waals surface area contributed by atoms with Crippen molar-refractivity contribution in [3.8, 4) is 0 Å². The Morgan fingerprint density at radius 2 is 1.83 bits per heavy atom. The maximum atomic E-state index is 5.98. The van der Waals surface area contributed by atoms with Crippen LogP contribution in [0.5, 0.6) is 0 Å². The van der Waals surface area contributed by atoms with Gasteiger partial charge < -0.3 is 11.1 Å². The number of hydrogen-bond donors (Lipinski definition) is 2. The fraction of sp³-hybridized carbons (Fsp3) is 0.200. The van der Waals surface area contributed by atoms with Gasteiger partial charge >= 0.3 is 0 Å². The van der Waals surface area contributed by atoms with Crippen molar-refractivity contribution in [3.05, 3.63) is 52.5 Å². The zero-order valence-electron chi connectivity index (χ0n) is 10.0. The Morgan fingerprint density at radius 1 is 1.00 bits per heavy atom. The molecule has 2 aromatic rings. The molecule has 0 spiro atoms. The summed E-state index contributed by atoms with van der Waals surface area (Å²) in [5.74, 6) is 0. The predicted molar refractivity (Wildman–Crippen MR) is 77.6 cm³/mol. The zero-order valence-corrected chi connectivity index (χ0v) is 10.8. The lowest BCUT2D eigenvalue weighted by atomic mass is 10.1. The van der Waals surface area contributed by atoms with Gasteiger partial charge in [0.2, 0.25) is 0 Å². The highest BCUT2D eigenvalue weighted by Gasteiger charge is 2.11. The SMILES string of the molecule is Nc1ccc(Cl)cc1Nc1ccc2c(c1)CCC2. The molecule has 2 aromatic carbocycles. The number of nitrogen functional groups attached to an aromatic ring is 1. The quantitative estimate of drug-likeness (QED) is 0.794. The van der Waals surface area contributed by atoms with E-state index in [1.165, 1.54) is 30.4 Å². The molecule has 0 amide bonds. The highest BCUT2D eigenvalue weighted by molar-refractivity contribution is 6.31. The summed E-state index contributed by atoms with van der Waals surface area (Å²) in [5, 5.41) is 4.02. The van der Waals surface area contributed by atoms with E-state index in [0.29, 0.717) is 10.7 Å². The number of aryl methyl sites for hydroxylation is 2. The summed E-state index contributed by atoms with van der Waals surface area (Å²) in [4.78, 5) is 0. The average molecular weight is 259 g/mol. The first-order valence-corrected chi connectivity index (χ1v) is 6.54. The van der Waals surface area contributed by atoms with Gasteiger partial charge in [-0.15, -0.1) is 0 Å². The van der Waals surface area contributed by atoms with Crippen LogP contribution in [0.3, 0.4) is 0 Å². The second-order valence-corrected chi connectivity index (χ2v) is 5.13. The van der Waals surface area contributed by atoms with Crippen molar-refractivity contribution >= 4 is 28.7 Å². The van der Waals surface area contributed by atoms with Crippen LogP contribution in [0.1, 0.15) is 17.5 Å². The van der Waals surface area contributed by atoms with E-state index in [1.54, 1.807) is 6.07 Å². The van der Waals surface area contributed by atoms with Crippen molar-refractivity contribution in [2.75, 3.05) is 11.1 Å². The molecule has 0 fully saturated rings. The summed E-state index contributed by atoms with van der Waals surface area (Å²) >= 11 is 5.98. The normalized spacial score (nSPS) is 13.4. The van der Waals surface area contributed by atoms with Gasteiger partial charge in [-0.25, -0.2) is 0 Å². The lowest BCUT2D eigenvalue weighted by Gasteiger charge is -2.11. The summed E-state index contributed by atoms with van der Waals surface area (Å²) in [7, 11) is 0. The van der Waals surface area contributed by atoms with Crippen LogP contribution in [0.15, 0.2) is 36.4 Å². The van der Waals surface area contributed by atoms with Crippen molar-refractivity contribution in [1.29, 1.82) is 0 Å². The number of anilines is 3.